The summed E-state index contributed by atoms with van der Waals surface area (Å²) in [6, 6.07) is 6.47. The number of methoxy groups -OCH3 is 2. The van der Waals surface area contributed by atoms with Crippen LogP contribution in [0, 0.1) is 11.6 Å². The van der Waals surface area contributed by atoms with E-state index in [0.717, 1.165) is 12.1 Å². The first-order valence-corrected chi connectivity index (χ1v) is 6.69. The molecule has 0 heterocycles. The average molecular weight is 357 g/mol. The molecule has 2 rings (SSSR count). The number of carbonyl (C=O) groups excluding carboxylic acids is 1. The fourth-order valence-electron chi connectivity index (χ4n) is 1.91. The smallest absolute Gasteiger partial charge is 0.203 e. The zero-order chi connectivity index (χ0) is 15.6. The zero-order valence-electron chi connectivity index (χ0n) is 11.2. The summed E-state index contributed by atoms with van der Waals surface area (Å²) in [5.41, 5.74) is -0.346. The van der Waals surface area contributed by atoms with E-state index in [1.165, 1.54) is 14.2 Å². The van der Waals surface area contributed by atoms with Crippen LogP contribution < -0.4 is 9.47 Å². The zero-order valence-corrected chi connectivity index (χ0v) is 12.8. The van der Waals surface area contributed by atoms with Crippen molar-refractivity contribution in [2.24, 2.45) is 0 Å². The summed E-state index contributed by atoms with van der Waals surface area (Å²) in [6.07, 6.45) is 0. The summed E-state index contributed by atoms with van der Waals surface area (Å²) in [7, 11) is 2.76. The van der Waals surface area contributed by atoms with Gasteiger partial charge in [0.15, 0.2) is 0 Å². The van der Waals surface area contributed by atoms with Gasteiger partial charge in [0.1, 0.15) is 28.7 Å². The van der Waals surface area contributed by atoms with Crippen molar-refractivity contribution in [3.8, 4) is 11.5 Å². The number of ether oxygens (including phenoxy) is 2. The predicted octanol–water partition coefficient (Wildman–Crippen LogP) is 3.98. The molecule has 0 saturated heterocycles. The van der Waals surface area contributed by atoms with Crippen LogP contribution >= 0.6 is 15.9 Å². The second kappa shape index (κ2) is 6.22. The number of halogens is 3. The first-order valence-electron chi connectivity index (χ1n) is 5.89. The van der Waals surface area contributed by atoms with Crippen LogP contribution in [0.15, 0.2) is 34.8 Å². The Balaban J connectivity index is 2.63. The summed E-state index contributed by atoms with van der Waals surface area (Å²) < 4.78 is 37.7. The predicted molar refractivity (Wildman–Crippen MR) is 77.0 cm³/mol. The molecule has 0 aromatic heterocycles. The first-order chi connectivity index (χ1) is 9.99. The van der Waals surface area contributed by atoms with Gasteiger partial charge in [-0.15, -0.1) is 0 Å². The summed E-state index contributed by atoms with van der Waals surface area (Å²) in [6.45, 7) is 0. The molecule has 0 aliphatic carbocycles. The van der Waals surface area contributed by atoms with E-state index in [2.05, 4.69) is 15.9 Å². The van der Waals surface area contributed by atoms with Crippen molar-refractivity contribution < 1.29 is 23.0 Å². The van der Waals surface area contributed by atoms with Gasteiger partial charge >= 0.3 is 0 Å². The van der Waals surface area contributed by atoms with Crippen molar-refractivity contribution in [2.75, 3.05) is 14.2 Å². The van der Waals surface area contributed by atoms with Gasteiger partial charge in [-0.25, -0.2) is 8.78 Å². The Labute approximate surface area is 128 Å². The number of ketones is 1. The van der Waals surface area contributed by atoms with Crippen LogP contribution in [0.3, 0.4) is 0 Å². The number of hydrogen-bond acceptors (Lipinski definition) is 3. The lowest BCUT2D eigenvalue weighted by atomic mass is 10.0. The minimum atomic E-state index is -0.832. The van der Waals surface area contributed by atoms with Crippen LogP contribution in [0.4, 0.5) is 8.78 Å². The van der Waals surface area contributed by atoms with E-state index in [9.17, 15) is 13.6 Å². The van der Waals surface area contributed by atoms with E-state index in [1.807, 2.05) is 0 Å². The number of hydrogen-bond donors (Lipinski definition) is 0. The van der Waals surface area contributed by atoms with Crippen LogP contribution in [-0.2, 0) is 0 Å². The lowest BCUT2D eigenvalue weighted by Crippen LogP contribution is -2.09. The van der Waals surface area contributed by atoms with E-state index < -0.39 is 23.0 Å². The van der Waals surface area contributed by atoms with E-state index in [4.69, 9.17) is 9.47 Å². The largest absolute Gasteiger partial charge is 0.496 e. The van der Waals surface area contributed by atoms with Gasteiger partial charge in [-0.1, -0.05) is 6.07 Å². The Kier molecular flexibility index (Phi) is 4.57. The van der Waals surface area contributed by atoms with Gasteiger partial charge in [-0.05, 0) is 40.2 Å². The maximum atomic E-state index is 13.9. The molecule has 0 spiro atoms. The molecule has 2 aromatic carbocycles. The monoisotopic (exact) mass is 356 g/mol. The van der Waals surface area contributed by atoms with Crippen molar-refractivity contribution >= 4 is 21.7 Å². The minimum Gasteiger partial charge on any atom is -0.496 e. The van der Waals surface area contributed by atoms with Crippen LogP contribution in [0.25, 0.3) is 0 Å². The number of rotatable bonds is 4. The van der Waals surface area contributed by atoms with Crippen molar-refractivity contribution in [1.29, 1.82) is 0 Å². The Morgan fingerprint density at radius 2 is 1.62 bits per heavy atom. The van der Waals surface area contributed by atoms with Gasteiger partial charge in [0.2, 0.25) is 5.78 Å². The second-order valence-corrected chi connectivity index (χ2v) is 4.97. The highest BCUT2D eigenvalue weighted by molar-refractivity contribution is 9.10. The average Bonchev–Trinajstić information content (AvgIpc) is 2.49. The third-order valence-corrected chi connectivity index (χ3v) is 3.52. The van der Waals surface area contributed by atoms with Crippen LogP contribution in [0.1, 0.15) is 15.9 Å². The maximum absolute atomic E-state index is 13.9. The van der Waals surface area contributed by atoms with Gasteiger partial charge < -0.3 is 9.47 Å². The molecule has 21 heavy (non-hydrogen) atoms. The highest BCUT2D eigenvalue weighted by atomic mass is 79.9. The number of benzene rings is 2. The normalized spacial score (nSPS) is 10.3. The summed E-state index contributed by atoms with van der Waals surface area (Å²) >= 11 is 2.87. The van der Waals surface area contributed by atoms with Gasteiger partial charge in [-0.2, -0.15) is 0 Å². The molecule has 3 nitrogen and oxygen atoms in total. The van der Waals surface area contributed by atoms with Crippen molar-refractivity contribution in [1.82, 2.24) is 0 Å². The molecule has 0 unspecified atom stereocenters. The van der Waals surface area contributed by atoms with Crippen molar-refractivity contribution in [3.63, 3.8) is 0 Å². The van der Waals surface area contributed by atoms with E-state index >= 15 is 0 Å². The molecule has 0 saturated carbocycles. The molecular formula is C15H11BrF2O3. The Bertz CT molecular complexity index is 679. The number of carbonyl (C=O) groups is 1. The van der Waals surface area contributed by atoms with Gasteiger partial charge in [-0.3, -0.25) is 4.79 Å². The minimum absolute atomic E-state index is 0.0446. The van der Waals surface area contributed by atoms with Gasteiger partial charge in [0.25, 0.3) is 0 Å². The molecule has 6 heteroatoms. The molecule has 0 aliphatic rings. The molecule has 0 aliphatic heterocycles. The van der Waals surface area contributed by atoms with Crippen LogP contribution in [0.2, 0.25) is 0 Å². The fraction of sp³-hybridized carbons (Fsp3) is 0.133. The third-order valence-electron chi connectivity index (χ3n) is 2.91. The first kappa shape index (κ1) is 15.4. The molecule has 0 N–H and O–H groups in total. The summed E-state index contributed by atoms with van der Waals surface area (Å²) in [4.78, 5) is 12.5. The quantitative estimate of drug-likeness (QED) is 0.614. The highest BCUT2D eigenvalue weighted by Crippen LogP contribution is 2.32. The Hall–Kier alpha value is -1.95. The molecule has 0 bridgehead atoms. The molecular weight excluding hydrogens is 346 g/mol. The van der Waals surface area contributed by atoms with E-state index in [1.54, 1.807) is 18.2 Å². The summed E-state index contributed by atoms with van der Waals surface area (Å²) in [5, 5.41) is 0. The van der Waals surface area contributed by atoms with Crippen LogP contribution in [-0.4, -0.2) is 20.0 Å². The molecule has 0 amide bonds. The Morgan fingerprint density at radius 1 is 1.05 bits per heavy atom. The molecule has 0 fully saturated rings. The standard InChI is InChI=1S/C15H11BrF2O3/c1-20-12-4-3-5-13(21-2)14(12)15(19)8-6-11(18)9(16)7-10(8)17/h3-7H,1-2H3. The second-order valence-electron chi connectivity index (χ2n) is 4.11. The Morgan fingerprint density at radius 3 is 2.14 bits per heavy atom. The lowest BCUT2D eigenvalue weighted by molar-refractivity contribution is 0.102. The SMILES string of the molecule is COc1cccc(OC)c1C(=O)c1cc(F)c(Br)cc1F. The van der Waals surface area contributed by atoms with Gasteiger partial charge in [0.05, 0.1) is 24.3 Å². The molecule has 0 radical (unpaired) electrons. The van der Waals surface area contributed by atoms with E-state index in [0.29, 0.717) is 0 Å². The van der Waals surface area contributed by atoms with Crippen molar-refractivity contribution in [3.05, 3.63) is 57.6 Å². The fourth-order valence-corrected chi connectivity index (χ4v) is 2.22. The van der Waals surface area contributed by atoms with Crippen LogP contribution in [0.5, 0.6) is 11.5 Å². The van der Waals surface area contributed by atoms with Gasteiger partial charge in [0, 0.05) is 0 Å². The lowest BCUT2D eigenvalue weighted by Gasteiger charge is -2.12. The molecule has 2 aromatic rings. The van der Waals surface area contributed by atoms with E-state index in [-0.39, 0.29) is 21.5 Å². The maximum Gasteiger partial charge on any atom is 0.203 e. The third kappa shape index (κ3) is 2.90. The highest BCUT2D eigenvalue weighted by Gasteiger charge is 2.23. The topological polar surface area (TPSA) is 35.5 Å². The molecule has 110 valence electrons. The van der Waals surface area contributed by atoms with Crippen molar-refractivity contribution in [2.45, 2.75) is 0 Å². The molecule has 0 atom stereocenters. The summed E-state index contributed by atoms with van der Waals surface area (Å²) in [5.74, 6) is -1.83.